The van der Waals surface area contributed by atoms with Gasteiger partial charge in [-0.05, 0) is 54.4 Å². The Morgan fingerprint density at radius 2 is 1.58 bits per heavy atom. The first-order valence-corrected chi connectivity index (χ1v) is 8.05. The number of benzene rings is 3. The molecule has 0 unspecified atom stereocenters. The summed E-state index contributed by atoms with van der Waals surface area (Å²) in [5.74, 6) is 2.30. The van der Waals surface area contributed by atoms with Crippen LogP contribution >= 0.6 is 0 Å². The van der Waals surface area contributed by atoms with Crippen LogP contribution in [0, 0.1) is 0 Å². The normalized spacial score (nSPS) is 10.8. The highest BCUT2D eigenvalue weighted by atomic mass is 16.5. The molecular formula is C21H20O3. The molecule has 0 amide bonds. The van der Waals surface area contributed by atoms with Crippen LogP contribution in [0.5, 0.6) is 17.2 Å². The van der Waals surface area contributed by atoms with Crippen molar-refractivity contribution in [1.29, 1.82) is 0 Å². The predicted octanol–water partition coefficient (Wildman–Crippen LogP) is 5.16. The summed E-state index contributed by atoms with van der Waals surface area (Å²) in [5, 5.41) is 2.18. The maximum absolute atomic E-state index is 10.6. The third kappa shape index (κ3) is 3.93. The van der Waals surface area contributed by atoms with Crippen molar-refractivity contribution in [2.75, 3.05) is 0 Å². The lowest BCUT2D eigenvalue weighted by Crippen LogP contribution is -2.05. The molecule has 3 rings (SSSR count). The second-order valence-electron chi connectivity index (χ2n) is 5.96. The quantitative estimate of drug-likeness (QED) is 0.588. The number of carbonyl (C=O) groups excluding carboxylic acids is 1. The third-order valence-corrected chi connectivity index (χ3v) is 3.61. The van der Waals surface area contributed by atoms with Crippen LogP contribution in [0.2, 0.25) is 0 Å². The van der Waals surface area contributed by atoms with Crippen molar-refractivity contribution in [2.45, 2.75) is 26.4 Å². The van der Waals surface area contributed by atoms with E-state index >= 15 is 0 Å². The van der Waals surface area contributed by atoms with Gasteiger partial charge in [0.05, 0.1) is 6.10 Å². The summed E-state index contributed by atoms with van der Waals surface area (Å²) < 4.78 is 11.6. The Hall–Kier alpha value is -2.81. The molecule has 122 valence electrons. The van der Waals surface area contributed by atoms with Crippen molar-refractivity contribution < 1.29 is 14.3 Å². The van der Waals surface area contributed by atoms with Crippen molar-refractivity contribution in [3.63, 3.8) is 0 Å². The topological polar surface area (TPSA) is 35.5 Å². The second kappa shape index (κ2) is 7.18. The van der Waals surface area contributed by atoms with E-state index in [4.69, 9.17) is 9.47 Å². The van der Waals surface area contributed by atoms with E-state index in [1.165, 1.54) is 0 Å². The molecule has 0 aliphatic rings. The van der Waals surface area contributed by atoms with Crippen molar-refractivity contribution >= 4 is 17.1 Å². The van der Waals surface area contributed by atoms with E-state index in [1.807, 2.05) is 74.5 Å². The van der Waals surface area contributed by atoms with Gasteiger partial charge < -0.3 is 14.3 Å². The van der Waals surface area contributed by atoms with Gasteiger partial charge in [0, 0.05) is 12.5 Å². The maximum Gasteiger partial charge on any atom is 0.131 e. The number of aldehydes is 1. The highest BCUT2D eigenvalue weighted by Gasteiger charge is 2.04. The number of hydrogen-bond acceptors (Lipinski definition) is 3. The van der Waals surface area contributed by atoms with Crippen molar-refractivity contribution in [2.24, 2.45) is 0 Å². The molecule has 0 saturated heterocycles. The van der Waals surface area contributed by atoms with Crippen LogP contribution in [0.1, 0.15) is 19.4 Å². The number of hydrogen-bond donors (Lipinski definition) is 0. The molecule has 0 saturated carbocycles. The fraction of sp³-hybridized carbons (Fsp3) is 0.190. The molecule has 0 spiro atoms. The molecule has 0 aliphatic carbocycles. The van der Waals surface area contributed by atoms with Crippen molar-refractivity contribution in [1.82, 2.24) is 0 Å². The largest absolute Gasteiger partial charge is 0.491 e. The minimum atomic E-state index is 0.126. The Morgan fingerprint density at radius 1 is 0.875 bits per heavy atom. The average molecular weight is 320 g/mol. The molecule has 0 radical (unpaired) electrons. The number of fused-ring (bicyclic) bond motifs is 1. The molecule has 24 heavy (non-hydrogen) atoms. The molecule has 3 heteroatoms. The van der Waals surface area contributed by atoms with Gasteiger partial charge in [0.25, 0.3) is 0 Å². The van der Waals surface area contributed by atoms with E-state index in [1.54, 1.807) is 0 Å². The molecule has 0 aromatic heterocycles. The molecule has 0 aliphatic heterocycles. The molecule has 3 aromatic carbocycles. The zero-order chi connectivity index (χ0) is 16.9. The highest BCUT2D eigenvalue weighted by molar-refractivity contribution is 5.85. The molecule has 0 heterocycles. The van der Waals surface area contributed by atoms with Gasteiger partial charge in [-0.2, -0.15) is 0 Å². The monoisotopic (exact) mass is 320 g/mol. The Bertz CT molecular complexity index is 853. The van der Waals surface area contributed by atoms with Crippen LogP contribution in [-0.2, 0) is 11.2 Å². The molecule has 0 N–H and O–H groups in total. The van der Waals surface area contributed by atoms with E-state index in [0.717, 1.165) is 39.9 Å². The smallest absolute Gasteiger partial charge is 0.131 e. The molecular weight excluding hydrogens is 300 g/mol. The molecule has 3 nitrogen and oxygen atoms in total. The van der Waals surface area contributed by atoms with Gasteiger partial charge >= 0.3 is 0 Å². The fourth-order valence-electron chi connectivity index (χ4n) is 2.58. The summed E-state index contributed by atoms with van der Waals surface area (Å²) in [5.41, 5.74) is 1.02. The number of ether oxygens (including phenoxy) is 2. The van der Waals surface area contributed by atoms with Crippen LogP contribution in [0.25, 0.3) is 10.8 Å². The molecule has 3 aromatic rings. The van der Waals surface area contributed by atoms with Crippen LogP contribution in [0.15, 0.2) is 60.7 Å². The Morgan fingerprint density at radius 3 is 2.38 bits per heavy atom. The van der Waals surface area contributed by atoms with Gasteiger partial charge in [-0.1, -0.05) is 30.3 Å². The summed E-state index contributed by atoms with van der Waals surface area (Å²) >= 11 is 0. The first-order chi connectivity index (χ1) is 11.6. The summed E-state index contributed by atoms with van der Waals surface area (Å²) in [6.07, 6.45) is 1.49. The van der Waals surface area contributed by atoms with Crippen LogP contribution in [0.4, 0.5) is 0 Å². The Kier molecular flexibility index (Phi) is 4.80. The molecule has 0 atom stereocenters. The Labute approximate surface area is 141 Å². The lowest BCUT2D eigenvalue weighted by Gasteiger charge is -2.12. The van der Waals surface area contributed by atoms with Crippen LogP contribution in [-0.4, -0.2) is 12.4 Å². The van der Waals surface area contributed by atoms with E-state index in [2.05, 4.69) is 0 Å². The summed E-state index contributed by atoms with van der Waals surface area (Å²) in [6, 6.07) is 19.6. The zero-order valence-corrected chi connectivity index (χ0v) is 13.9. The van der Waals surface area contributed by atoms with Crippen LogP contribution < -0.4 is 9.47 Å². The number of rotatable bonds is 6. The first-order valence-electron chi connectivity index (χ1n) is 8.05. The second-order valence-corrected chi connectivity index (χ2v) is 5.96. The van der Waals surface area contributed by atoms with Gasteiger partial charge in [-0.3, -0.25) is 0 Å². The third-order valence-electron chi connectivity index (χ3n) is 3.61. The Balaban J connectivity index is 1.82. The number of carbonyl (C=O) groups is 1. The van der Waals surface area contributed by atoms with Crippen molar-refractivity contribution in [3.8, 4) is 17.2 Å². The van der Waals surface area contributed by atoms with E-state index in [9.17, 15) is 4.79 Å². The summed E-state index contributed by atoms with van der Waals surface area (Å²) in [6.45, 7) is 3.99. The minimum absolute atomic E-state index is 0.126. The summed E-state index contributed by atoms with van der Waals surface area (Å²) in [4.78, 5) is 10.6. The zero-order valence-electron chi connectivity index (χ0n) is 13.9. The van der Waals surface area contributed by atoms with Gasteiger partial charge in [-0.15, -0.1) is 0 Å². The lowest BCUT2D eigenvalue weighted by molar-refractivity contribution is -0.107. The van der Waals surface area contributed by atoms with E-state index in [-0.39, 0.29) is 6.10 Å². The minimum Gasteiger partial charge on any atom is -0.491 e. The fourth-order valence-corrected chi connectivity index (χ4v) is 2.58. The van der Waals surface area contributed by atoms with Gasteiger partial charge in [0.2, 0.25) is 0 Å². The first kappa shape index (κ1) is 16.1. The van der Waals surface area contributed by atoms with E-state index in [0.29, 0.717) is 6.42 Å². The van der Waals surface area contributed by atoms with Gasteiger partial charge in [-0.25, -0.2) is 0 Å². The van der Waals surface area contributed by atoms with Gasteiger partial charge in [0.1, 0.15) is 23.5 Å². The standard InChI is InChI=1S/C21H20O3/c1-15(2)23-19-4-3-5-20(14-19)24-21-9-8-17-12-16(10-11-22)6-7-18(17)13-21/h3-9,11-15H,10H2,1-2H3. The summed E-state index contributed by atoms with van der Waals surface area (Å²) in [7, 11) is 0. The lowest BCUT2D eigenvalue weighted by atomic mass is 10.1. The van der Waals surface area contributed by atoms with Crippen LogP contribution in [0.3, 0.4) is 0 Å². The predicted molar refractivity (Wildman–Crippen MR) is 96.0 cm³/mol. The SMILES string of the molecule is CC(C)Oc1cccc(Oc2ccc3cc(CC=O)ccc3c2)c1. The highest BCUT2D eigenvalue weighted by Crippen LogP contribution is 2.28. The van der Waals surface area contributed by atoms with E-state index < -0.39 is 0 Å². The molecule has 0 bridgehead atoms. The van der Waals surface area contributed by atoms with Gasteiger partial charge in [0.15, 0.2) is 0 Å². The average Bonchev–Trinajstić information content (AvgIpc) is 2.55. The maximum atomic E-state index is 10.6. The molecule has 0 fully saturated rings. The van der Waals surface area contributed by atoms with Crippen molar-refractivity contribution in [3.05, 3.63) is 66.2 Å².